The van der Waals surface area contributed by atoms with Gasteiger partial charge in [0.2, 0.25) is 5.91 Å². The van der Waals surface area contributed by atoms with E-state index in [0.29, 0.717) is 12.5 Å². The number of nitrogens with two attached hydrogens (primary N) is 1. The first kappa shape index (κ1) is 16.5. The fourth-order valence-corrected chi connectivity index (χ4v) is 4.42. The van der Waals surface area contributed by atoms with E-state index in [-0.39, 0.29) is 23.8 Å². The highest BCUT2D eigenvalue weighted by molar-refractivity contribution is 7.08. The molecule has 3 N–H and O–H groups in total. The number of amides is 2. The zero-order valence-corrected chi connectivity index (χ0v) is 14.2. The van der Waals surface area contributed by atoms with Gasteiger partial charge in [-0.2, -0.15) is 11.3 Å². The molecule has 0 bridgehead atoms. The first-order valence-electron chi connectivity index (χ1n) is 8.51. The molecule has 1 aliphatic carbocycles. The van der Waals surface area contributed by atoms with E-state index in [1.54, 1.807) is 0 Å². The molecule has 0 unspecified atom stereocenters. The largest absolute Gasteiger partial charge is 0.349 e. The maximum atomic E-state index is 12.7. The summed E-state index contributed by atoms with van der Waals surface area (Å²) in [7, 11) is 0. The van der Waals surface area contributed by atoms with Crippen LogP contribution in [0.1, 0.15) is 42.5 Å². The number of carbonyl (C=O) groups excluding carboxylic acids is 2. The summed E-state index contributed by atoms with van der Waals surface area (Å²) in [6, 6.07) is 2.01. The molecule has 0 spiro atoms. The third-order valence-electron chi connectivity index (χ3n) is 5.20. The van der Waals surface area contributed by atoms with E-state index in [0.717, 1.165) is 50.8 Å². The minimum absolute atomic E-state index is 0.00462. The van der Waals surface area contributed by atoms with Gasteiger partial charge in [-0.1, -0.05) is 6.42 Å². The highest BCUT2D eigenvalue weighted by atomic mass is 32.1. The van der Waals surface area contributed by atoms with Gasteiger partial charge in [0, 0.05) is 36.0 Å². The second-order valence-corrected chi connectivity index (χ2v) is 7.40. The van der Waals surface area contributed by atoms with E-state index in [2.05, 4.69) is 5.32 Å². The van der Waals surface area contributed by atoms with Crippen molar-refractivity contribution >= 4 is 23.2 Å². The Hall–Kier alpha value is -1.40. The Labute approximate surface area is 141 Å². The molecular weight excluding hydrogens is 310 g/mol. The monoisotopic (exact) mass is 335 g/mol. The molecule has 2 aliphatic rings. The third kappa shape index (κ3) is 3.75. The number of hydrogen-bond donors (Lipinski definition) is 2. The average Bonchev–Trinajstić information content (AvgIpc) is 3.26. The van der Waals surface area contributed by atoms with Gasteiger partial charge in [-0.05, 0) is 49.6 Å². The Morgan fingerprint density at radius 1 is 1.26 bits per heavy atom. The quantitative estimate of drug-likeness (QED) is 0.881. The van der Waals surface area contributed by atoms with Gasteiger partial charge in [0.1, 0.15) is 0 Å². The van der Waals surface area contributed by atoms with Crippen LogP contribution in [0.15, 0.2) is 16.8 Å². The zero-order chi connectivity index (χ0) is 16.2. The zero-order valence-electron chi connectivity index (χ0n) is 13.4. The molecule has 126 valence electrons. The number of nitrogens with zero attached hydrogens (tertiary/aromatic N) is 1. The predicted octanol–water partition coefficient (Wildman–Crippen LogP) is 1.84. The van der Waals surface area contributed by atoms with Gasteiger partial charge in [-0.15, -0.1) is 0 Å². The molecule has 6 heteroatoms. The number of carbonyl (C=O) groups is 2. The van der Waals surface area contributed by atoms with Gasteiger partial charge >= 0.3 is 0 Å². The van der Waals surface area contributed by atoms with Gasteiger partial charge in [0.25, 0.3) is 5.91 Å². The Morgan fingerprint density at radius 2 is 2.04 bits per heavy atom. The molecule has 1 aliphatic heterocycles. The summed E-state index contributed by atoms with van der Waals surface area (Å²) >= 11 is 1.53. The highest BCUT2D eigenvalue weighted by Crippen LogP contribution is 2.33. The van der Waals surface area contributed by atoms with Crippen LogP contribution in [0.2, 0.25) is 0 Å². The minimum Gasteiger partial charge on any atom is -0.349 e. The summed E-state index contributed by atoms with van der Waals surface area (Å²) in [5.41, 5.74) is 6.52. The lowest BCUT2D eigenvalue weighted by molar-refractivity contribution is -0.137. The van der Waals surface area contributed by atoms with Crippen molar-refractivity contribution in [3.05, 3.63) is 22.4 Å². The second-order valence-electron chi connectivity index (χ2n) is 6.62. The molecule has 2 heterocycles. The van der Waals surface area contributed by atoms with Gasteiger partial charge in [-0.3, -0.25) is 9.59 Å². The van der Waals surface area contributed by atoms with Crippen molar-refractivity contribution in [2.45, 2.75) is 38.1 Å². The van der Waals surface area contributed by atoms with Gasteiger partial charge in [0.05, 0.1) is 0 Å². The topological polar surface area (TPSA) is 75.4 Å². The molecule has 5 nitrogen and oxygen atoms in total. The Balaban J connectivity index is 1.48. The number of piperidine rings is 1. The van der Waals surface area contributed by atoms with Crippen molar-refractivity contribution < 1.29 is 9.59 Å². The van der Waals surface area contributed by atoms with E-state index >= 15 is 0 Å². The molecule has 0 radical (unpaired) electrons. The lowest BCUT2D eigenvalue weighted by Gasteiger charge is -2.35. The van der Waals surface area contributed by atoms with Crippen LogP contribution in [0.3, 0.4) is 0 Å². The molecule has 1 aromatic heterocycles. The van der Waals surface area contributed by atoms with Crippen LogP contribution in [-0.4, -0.2) is 42.4 Å². The van der Waals surface area contributed by atoms with E-state index in [1.165, 1.54) is 11.3 Å². The molecule has 2 amide bonds. The fraction of sp³-hybridized carbons (Fsp3) is 0.647. The summed E-state index contributed by atoms with van der Waals surface area (Å²) in [4.78, 5) is 26.7. The molecular formula is C17H25N3O2S. The normalized spacial score (nSPS) is 25.5. The lowest BCUT2D eigenvalue weighted by atomic mass is 9.93. The molecule has 2 atom stereocenters. The van der Waals surface area contributed by atoms with Crippen LogP contribution in [0.5, 0.6) is 0 Å². The maximum absolute atomic E-state index is 12.7. The number of likely N-dealkylation sites (tertiary alicyclic amines) is 1. The minimum atomic E-state index is -0.00462. The van der Waals surface area contributed by atoms with E-state index in [1.807, 2.05) is 21.7 Å². The molecule has 1 aromatic rings. The summed E-state index contributed by atoms with van der Waals surface area (Å²) < 4.78 is 0. The number of nitrogens with one attached hydrogen (secondary N) is 1. The van der Waals surface area contributed by atoms with E-state index in [4.69, 9.17) is 5.73 Å². The SMILES string of the molecule is NC[C@H]1CCC[C@H]1C(=O)N1CCC(NC(=O)c2ccsc2)CC1. The van der Waals surface area contributed by atoms with Crippen molar-refractivity contribution in [3.63, 3.8) is 0 Å². The van der Waals surface area contributed by atoms with E-state index < -0.39 is 0 Å². The number of hydrogen-bond acceptors (Lipinski definition) is 4. The summed E-state index contributed by atoms with van der Waals surface area (Å²) in [6.45, 7) is 2.09. The van der Waals surface area contributed by atoms with Crippen LogP contribution in [0.4, 0.5) is 0 Å². The molecule has 1 saturated carbocycles. The molecule has 3 rings (SSSR count). The summed E-state index contributed by atoms with van der Waals surface area (Å²) in [6.07, 6.45) is 4.85. The highest BCUT2D eigenvalue weighted by Gasteiger charge is 2.36. The van der Waals surface area contributed by atoms with Crippen LogP contribution in [0.25, 0.3) is 0 Å². The Kier molecular flexibility index (Phi) is 5.33. The number of thiophene rings is 1. The predicted molar refractivity (Wildman–Crippen MR) is 91.3 cm³/mol. The molecule has 1 saturated heterocycles. The lowest BCUT2D eigenvalue weighted by Crippen LogP contribution is -2.48. The summed E-state index contributed by atoms with van der Waals surface area (Å²) in [5.74, 6) is 0.756. The second kappa shape index (κ2) is 7.45. The van der Waals surface area contributed by atoms with Crippen molar-refractivity contribution in [1.82, 2.24) is 10.2 Å². The van der Waals surface area contributed by atoms with Crippen LogP contribution < -0.4 is 11.1 Å². The maximum Gasteiger partial charge on any atom is 0.252 e. The molecule has 2 fully saturated rings. The van der Waals surface area contributed by atoms with E-state index in [9.17, 15) is 9.59 Å². The first-order valence-corrected chi connectivity index (χ1v) is 9.45. The third-order valence-corrected chi connectivity index (χ3v) is 5.89. The van der Waals surface area contributed by atoms with Crippen molar-refractivity contribution in [3.8, 4) is 0 Å². The number of rotatable bonds is 4. The summed E-state index contributed by atoms with van der Waals surface area (Å²) in [5, 5.41) is 6.85. The Bertz CT molecular complexity index is 538. The first-order chi connectivity index (χ1) is 11.2. The Morgan fingerprint density at radius 3 is 2.70 bits per heavy atom. The molecule has 0 aromatic carbocycles. The molecule has 23 heavy (non-hydrogen) atoms. The average molecular weight is 335 g/mol. The van der Waals surface area contributed by atoms with Gasteiger partial charge in [0.15, 0.2) is 0 Å². The van der Waals surface area contributed by atoms with Gasteiger partial charge < -0.3 is 16.0 Å². The van der Waals surface area contributed by atoms with Crippen molar-refractivity contribution in [2.24, 2.45) is 17.6 Å². The fourth-order valence-electron chi connectivity index (χ4n) is 3.79. The van der Waals surface area contributed by atoms with Crippen molar-refractivity contribution in [2.75, 3.05) is 19.6 Å². The van der Waals surface area contributed by atoms with Crippen LogP contribution in [0, 0.1) is 11.8 Å². The van der Waals surface area contributed by atoms with Crippen LogP contribution >= 0.6 is 11.3 Å². The standard InChI is InChI=1S/C17H25N3O2S/c18-10-12-2-1-3-15(12)17(22)20-7-4-14(5-8-20)19-16(21)13-6-9-23-11-13/h6,9,11-12,14-15H,1-5,7-8,10,18H2,(H,19,21)/t12-,15-/m1/s1. The smallest absolute Gasteiger partial charge is 0.252 e. The van der Waals surface area contributed by atoms with Crippen LogP contribution in [-0.2, 0) is 4.79 Å². The van der Waals surface area contributed by atoms with Gasteiger partial charge in [-0.25, -0.2) is 0 Å². The van der Waals surface area contributed by atoms with Crippen molar-refractivity contribution in [1.29, 1.82) is 0 Å².